The third-order valence-electron chi connectivity index (χ3n) is 3.31. The zero-order valence-corrected chi connectivity index (χ0v) is 12.4. The Labute approximate surface area is 119 Å². The van der Waals surface area contributed by atoms with Gasteiger partial charge in [-0.05, 0) is 14.1 Å². The molecule has 1 aliphatic rings. The number of rotatable bonds is 7. The van der Waals surface area contributed by atoms with Crippen molar-refractivity contribution in [1.82, 2.24) is 14.7 Å². The van der Waals surface area contributed by atoms with Gasteiger partial charge < -0.3 is 24.8 Å². The molecule has 0 amide bonds. The van der Waals surface area contributed by atoms with Gasteiger partial charge in [-0.15, -0.1) is 0 Å². The van der Waals surface area contributed by atoms with Gasteiger partial charge >= 0.3 is 0 Å². The van der Waals surface area contributed by atoms with Crippen LogP contribution in [-0.4, -0.2) is 61.9 Å². The lowest BCUT2D eigenvalue weighted by Crippen LogP contribution is -2.25. The Morgan fingerprint density at radius 3 is 2.80 bits per heavy atom. The van der Waals surface area contributed by atoms with Gasteiger partial charge in [0.05, 0.1) is 44.8 Å². The molecule has 2 rings (SSSR count). The lowest BCUT2D eigenvalue weighted by molar-refractivity contribution is -0.0512. The molecule has 0 bridgehead atoms. The maximum absolute atomic E-state index is 6.29. The Balaban J connectivity index is 2.07. The number of methoxy groups -OCH3 is 1. The smallest absolute Gasteiger partial charge is 0.161 e. The molecule has 2 heterocycles. The molecule has 1 fully saturated rings. The van der Waals surface area contributed by atoms with Crippen molar-refractivity contribution in [3.63, 3.8) is 0 Å². The molecule has 20 heavy (non-hydrogen) atoms. The predicted octanol–water partition coefficient (Wildman–Crippen LogP) is 0.216. The minimum Gasteiger partial charge on any atom is -0.493 e. The van der Waals surface area contributed by atoms with Gasteiger partial charge in [0.1, 0.15) is 0 Å². The van der Waals surface area contributed by atoms with Gasteiger partial charge in [0.2, 0.25) is 0 Å². The summed E-state index contributed by atoms with van der Waals surface area (Å²) in [7, 11) is 5.69. The van der Waals surface area contributed by atoms with E-state index in [1.54, 1.807) is 13.3 Å². The molecule has 0 spiro atoms. The first kappa shape index (κ1) is 15.2. The van der Waals surface area contributed by atoms with E-state index in [-0.39, 0.29) is 12.3 Å². The zero-order chi connectivity index (χ0) is 14.5. The molecule has 2 N–H and O–H groups in total. The van der Waals surface area contributed by atoms with E-state index in [0.29, 0.717) is 25.4 Å². The summed E-state index contributed by atoms with van der Waals surface area (Å²) in [4.78, 5) is 2.10. The van der Waals surface area contributed by atoms with Gasteiger partial charge in [-0.25, -0.2) is 0 Å². The van der Waals surface area contributed by atoms with Gasteiger partial charge in [0, 0.05) is 13.0 Å². The SMILES string of the molecule is COc1cnn(CCN(C)C)c1C(N)CC1OCCO1. The number of nitrogens with zero attached hydrogens (tertiary/aromatic N) is 3. The van der Waals surface area contributed by atoms with Crippen LogP contribution in [-0.2, 0) is 16.0 Å². The summed E-state index contributed by atoms with van der Waals surface area (Å²) < 4.78 is 18.2. The number of ether oxygens (including phenoxy) is 3. The quantitative estimate of drug-likeness (QED) is 0.772. The van der Waals surface area contributed by atoms with Crippen LogP contribution in [0.15, 0.2) is 6.20 Å². The largest absolute Gasteiger partial charge is 0.493 e. The molecule has 1 aromatic rings. The van der Waals surface area contributed by atoms with Crippen LogP contribution in [0.1, 0.15) is 18.2 Å². The third-order valence-corrected chi connectivity index (χ3v) is 3.31. The van der Waals surface area contributed by atoms with E-state index in [1.807, 2.05) is 18.8 Å². The monoisotopic (exact) mass is 284 g/mol. The highest BCUT2D eigenvalue weighted by atomic mass is 16.7. The standard InChI is InChI=1S/C13H24N4O3/c1-16(2)4-5-17-13(11(18-3)9-15-17)10(14)8-12-19-6-7-20-12/h9-10,12H,4-8,14H2,1-3H3. The topological polar surface area (TPSA) is 74.8 Å². The van der Waals surface area contributed by atoms with Gasteiger partial charge in [0.15, 0.2) is 12.0 Å². The van der Waals surface area contributed by atoms with Gasteiger partial charge in [-0.3, -0.25) is 4.68 Å². The van der Waals surface area contributed by atoms with Gasteiger partial charge in [0.25, 0.3) is 0 Å². The Morgan fingerprint density at radius 2 is 2.20 bits per heavy atom. The molecular weight excluding hydrogens is 260 g/mol. The van der Waals surface area contributed by atoms with Crippen LogP contribution in [0.5, 0.6) is 5.75 Å². The van der Waals surface area contributed by atoms with E-state index in [2.05, 4.69) is 10.00 Å². The Morgan fingerprint density at radius 1 is 1.50 bits per heavy atom. The fraction of sp³-hybridized carbons (Fsp3) is 0.769. The molecule has 1 aliphatic heterocycles. The fourth-order valence-corrected chi connectivity index (χ4v) is 2.24. The van der Waals surface area contributed by atoms with E-state index < -0.39 is 0 Å². The Hall–Kier alpha value is -1.15. The summed E-state index contributed by atoms with van der Waals surface area (Å²) >= 11 is 0. The molecule has 0 aliphatic carbocycles. The minimum atomic E-state index is -0.230. The summed E-state index contributed by atoms with van der Waals surface area (Å²) in [6.07, 6.45) is 2.08. The lowest BCUT2D eigenvalue weighted by atomic mass is 10.1. The normalized spacial score (nSPS) is 17.9. The van der Waals surface area contributed by atoms with Crippen molar-refractivity contribution in [3.8, 4) is 5.75 Å². The molecule has 0 radical (unpaired) electrons. The first-order valence-electron chi connectivity index (χ1n) is 6.85. The molecule has 1 atom stereocenters. The molecule has 1 aromatic heterocycles. The number of likely N-dealkylation sites (N-methyl/N-ethyl adjacent to an activating group) is 1. The third kappa shape index (κ3) is 3.69. The van der Waals surface area contributed by atoms with E-state index in [4.69, 9.17) is 19.9 Å². The molecule has 1 unspecified atom stereocenters. The molecule has 0 aromatic carbocycles. The Bertz CT molecular complexity index is 416. The van der Waals surface area contributed by atoms with Crippen molar-refractivity contribution in [2.75, 3.05) is 41.0 Å². The number of aromatic nitrogens is 2. The minimum absolute atomic E-state index is 0.224. The molecule has 1 saturated heterocycles. The zero-order valence-electron chi connectivity index (χ0n) is 12.4. The fourth-order valence-electron chi connectivity index (χ4n) is 2.24. The van der Waals surface area contributed by atoms with Crippen LogP contribution >= 0.6 is 0 Å². The van der Waals surface area contributed by atoms with Crippen molar-refractivity contribution in [2.45, 2.75) is 25.3 Å². The van der Waals surface area contributed by atoms with Crippen molar-refractivity contribution >= 4 is 0 Å². The summed E-state index contributed by atoms with van der Waals surface area (Å²) in [5.74, 6) is 0.717. The highest BCUT2D eigenvalue weighted by Crippen LogP contribution is 2.28. The first-order valence-corrected chi connectivity index (χ1v) is 6.85. The van der Waals surface area contributed by atoms with E-state index >= 15 is 0 Å². The van der Waals surface area contributed by atoms with E-state index in [0.717, 1.165) is 18.8 Å². The van der Waals surface area contributed by atoms with Crippen LogP contribution in [0.3, 0.4) is 0 Å². The van der Waals surface area contributed by atoms with Gasteiger partial charge in [-0.2, -0.15) is 5.10 Å². The van der Waals surface area contributed by atoms with E-state index in [9.17, 15) is 0 Å². The summed E-state index contributed by atoms with van der Waals surface area (Å²) in [5.41, 5.74) is 7.19. The van der Waals surface area contributed by atoms with E-state index in [1.165, 1.54) is 0 Å². The summed E-state index contributed by atoms with van der Waals surface area (Å²) in [6, 6.07) is -0.224. The molecule has 7 heteroatoms. The molecular formula is C13H24N4O3. The highest BCUT2D eigenvalue weighted by molar-refractivity contribution is 5.28. The molecule has 7 nitrogen and oxygen atoms in total. The predicted molar refractivity (Wildman–Crippen MR) is 74.6 cm³/mol. The number of hydrogen-bond donors (Lipinski definition) is 1. The first-order chi connectivity index (χ1) is 9.61. The lowest BCUT2D eigenvalue weighted by Gasteiger charge is -2.19. The second-order valence-corrected chi connectivity index (χ2v) is 5.14. The second kappa shape index (κ2) is 7.03. The highest BCUT2D eigenvalue weighted by Gasteiger charge is 2.25. The molecule has 114 valence electrons. The van der Waals surface area contributed by atoms with Crippen molar-refractivity contribution in [3.05, 3.63) is 11.9 Å². The molecule has 0 saturated carbocycles. The average molecular weight is 284 g/mol. The van der Waals surface area contributed by atoms with Gasteiger partial charge in [-0.1, -0.05) is 0 Å². The number of hydrogen-bond acceptors (Lipinski definition) is 6. The summed E-state index contributed by atoms with van der Waals surface area (Å²) in [5, 5.41) is 4.36. The van der Waals surface area contributed by atoms with Crippen LogP contribution in [0.4, 0.5) is 0 Å². The summed E-state index contributed by atoms with van der Waals surface area (Å²) in [6.45, 7) is 2.93. The Kier molecular flexibility index (Phi) is 5.36. The van der Waals surface area contributed by atoms with Crippen LogP contribution < -0.4 is 10.5 Å². The number of nitrogens with two attached hydrogens (primary N) is 1. The second-order valence-electron chi connectivity index (χ2n) is 5.14. The van der Waals surface area contributed by atoms with Crippen molar-refractivity contribution < 1.29 is 14.2 Å². The maximum Gasteiger partial charge on any atom is 0.161 e. The van der Waals surface area contributed by atoms with Crippen LogP contribution in [0.25, 0.3) is 0 Å². The average Bonchev–Trinajstić information content (AvgIpc) is 3.04. The van der Waals surface area contributed by atoms with Crippen molar-refractivity contribution in [2.24, 2.45) is 5.73 Å². The van der Waals surface area contributed by atoms with Crippen LogP contribution in [0, 0.1) is 0 Å². The van der Waals surface area contributed by atoms with Crippen LogP contribution in [0.2, 0.25) is 0 Å². The van der Waals surface area contributed by atoms with Crippen molar-refractivity contribution in [1.29, 1.82) is 0 Å². The maximum atomic E-state index is 6.29.